The first-order chi connectivity index (χ1) is 8.56. The number of hydrogen-bond acceptors (Lipinski definition) is 3. The van der Waals surface area contributed by atoms with Gasteiger partial charge in [-0.05, 0) is 28.8 Å². The van der Waals surface area contributed by atoms with Crippen molar-refractivity contribution in [2.24, 2.45) is 7.05 Å². The molecule has 2 N–H and O–H groups in total. The maximum Gasteiger partial charge on any atom is 0.248 e. The molecule has 1 atom stereocenters. The molecule has 7 heteroatoms. The monoisotopic (exact) mass is 314 g/mol. The van der Waals surface area contributed by atoms with Gasteiger partial charge in [0.2, 0.25) is 11.8 Å². The predicted molar refractivity (Wildman–Crippen MR) is 69.9 cm³/mol. The molecule has 1 aromatic rings. The molecule has 1 aliphatic rings. The van der Waals surface area contributed by atoms with Crippen molar-refractivity contribution in [2.75, 3.05) is 5.32 Å². The summed E-state index contributed by atoms with van der Waals surface area (Å²) in [7, 11) is 1.74. The van der Waals surface area contributed by atoms with E-state index in [1.807, 2.05) is 0 Å². The maximum atomic E-state index is 12.0. The summed E-state index contributed by atoms with van der Waals surface area (Å²) in [5.74, 6) is 0.352. The molecular formula is C11H15BrN4O2. The van der Waals surface area contributed by atoms with Crippen molar-refractivity contribution in [3.05, 3.63) is 10.7 Å². The molecule has 0 radical (unpaired) electrons. The number of rotatable bonds is 2. The van der Waals surface area contributed by atoms with Crippen LogP contribution in [0.25, 0.3) is 0 Å². The number of carbonyl (C=O) groups excluding carboxylic acids is 2. The average molecular weight is 315 g/mol. The third-order valence-electron chi connectivity index (χ3n) is 2.90. The average Bonchev–Trinajstić information content (AvgIpc) is 2.52. The summed E-state index contributed by atoms with van der Waals surface area (Å²) in [6, 6.07) is 1.27. The Hall–Kier alpha value is -1.37. The Kier molecular flexibility index (Phi) is 4.00. The van der Waals surface area contributed by atoms with Crippen molar-refractivity contribution >= 4 is 33.6 Å². The predicted octanol–water partition coefficient (Wildman–Crippen LogP) is 1.18. The fourth-order valence-electron chi connectivity index (χ4n) is 1.93. The summed E-state index contributed by atoms with van der Waals surface area (Å²) in [6.07, 6.45) is 2.90. The first-order valence-corrected chi connectivity index (χ1v) is 6.65. The lowest BCUT2D eigenvalue weighted by atomic mass is 10.1. The van der Waals surface area contributed by atoms with Crippen molar-refractivity contribution in [3.63, 3.8) is 0 Å². The molecule has 1 aliphatic heterocycles. The normalized spacial score (nSPS) is 20.1. The smallest absolute Gasteiger partial charge is 0.248 e. The molecule has 6 nitrogen and oxygen atoms in total. The summed E-state index contributed by atoms with van der Waals surface area (Å²) < 4.78 is 2.23. The second-order valence-corrected chi connectivity index (χ2v) is 5.14. The Morgan fingerprint density at radius 3 is 3.06 bits per heavy atom. The van der Waals surface area contributed by atoms with Gasteiger partial charge in [0.15, 0.2) is 0 Å². The molecular weight excluding hydrogens is 300 g/mol. The number of amides is 2. The SMILES string of the molecule is Cn1nc(Br)cc1NC(=O)[C@@H]1CCCCC(=O)N1. The number of aromatic nitrogens is 2. The molecule has 2 amide bonds. The van der Waals surface area contributed by atoms with E-state index in [1.165, 1.54) is 0 Å². The van der Waals surface area contributed by atoms with Gasteiger partial charge in [0.1, 0.15) is 16.5 Å². The van der Waals surface area contributed by atoms with Crippen molar-refractivity contribution in [1.82, 2.24) is 15.1 Å². The van der Waals surface area contributed by atoms with Gasteiger partial charge in [0.25, 0.3) is 0 Å². The fourth-order valence-corrected chi connectivity index (χ4v) is 2.39. The highest BCUT2D eigenvalue weighted by Crippen LogP contribution is 2.16. The largest absolute Gasteiger partial charge is 0.344 e. The minimum Gasteiger partial charge on any atom is -0.344 e. The van der Waals surface area contributed by atoms with Crippen molar-refractivity contribution in [3.8, 4) is 0 Å². The first-order valence-electron chi connectivity index (χ1n) is 5.86. The number of nitrogens with zero attached hydrogens (tertiary/aromatic N) is 2. The Balaban J connectivity index is 2.02. The Labute approximate surface area is 113 Å². The van der Waals surface area contributed by atoms with Crippen LogP contribution in [0.3, 0.4) is 0 Å². The number of halogens is 1. The van der Waals surface area contributed by atoms with Gasteiger partial charge in [-0.1, -0.05) is 6.42 Å². The van der Waals surface area contributed by atoms with E-state index in [9.17, 15) is 9.59 Å². The van der Waals surface area contributed by atoms with Crippen molar-refractivity contribution < 1.29 is 9.59 Å². The highest BCUT2D eigenvalue weighted by Gasteiger charge is 2.23. The second kappa shape index (κ2) is 5.51. The standard InChI is InChI=1S/C11H15BrN4O2/c1-16-9(6-8(12)15-16)14-11(18)7-4-2-3-5-10(17)13-7/h6-7H,2-5H2,1H3,(H,13,17)(H,14,18)/t7-/m0/s1. The molecule has 98 valence electrons. The minimum atomic E-state index is -0.450. The number of hydrogen-bond donors (Lipinski definition) is 2. The highest BCUT2D eigenvalue weighted by atomic mass is 79.9. The van der Waals surface area contributed by atoms with Crippen LogP contribution in [-0.4, -0.2) is 27.6 Å². The van der Waals surface area contributed by atoms with Gasteiger partial charge in [-0.3, -0.25) is 14.3 Å². The first kappa shape index (κ1) is 13.1. The molecule has 0 aromatic carbocycles. The fraction of sp³-hybridized carbons (Fsp3) is 0.545. The summed E-state index contributed by atoms with van der Waals surface area (Å²) in [5.41, 5.74) is 0. The van der Waals surface area contributed by atoms with Crippen LogP contribution in [0.5, 0.6) is 0 Å². The second-order valence-electron chi connectivity index (χ2n) is 4.33. The van der Waals surface area contributed by atoms with Crippen LogP contribution < -0.4 is 10.6 Å². The molecule has 2 heterocycles. The lowest BCUT2D eigenvalue weighted by molar-refractivity contribution is -0.126. The molecule has 0 saturated carbocycles. The molecule has 1 fully saturated rings. The van der Waals surface area contributed by atoms with Crippen molar-refractivity contribution in [2.45, 2.75) is 31.7 Å². The summed E-state index contributed by atoms with van der Waals surface area (Å²) in [4.78, 5) is 23.5. The van der Waals surface area contributed by atoms with E-state index in [0.29, 0.717) is 23.3 Å². The van der Waals surface area contributed by atoms with Crippen molar-refractivity contribution in [1.29, 1.82) is 0 Å². The third-order valence-corrected chi connectivity index (χ3v) is 3.29. The summed E-state index contributed by atoms with van der Waals surface area (Å²) >= 11 is 3.24. The van der Waals surface area contributed by atoms with E-state index in [2.05, 4.69) is 31.7 Å². The highest BCUT2D eigenvalue weighted by molar-refractivity contribution is 9.10. The Morgan fingerprint density at radius 1 is 1.61 bits per heavy atom. The zero-order valence-electron chi connectivity index (χ0n) is 10.1. The van der Waals surface area contributed by atoms with E-state index >= 15 is 0 Å². The summed E-state index contributed by atoms with van der Waals surface area (Å²) in [6.45, 7) is 0. The van der Waals surface area contributed by atoms with E-state index < -0.39 is 6.04 Å². The Morgan fingerprint density at radius 2 is 2.39 bits per heavy atom. The molecule has 0 unspecified atom stereocenters. The topological polar surface area (TPSA) is 76.0 Å². The number of carbonyl (C=O) groups is 2. The van der Waals surface area contributed by atoms with Crippen LogP contribution in [0.1, 0.15) is 25.7 Å². The molecule has 2 rings (SSSR count). The zero-order valence-corrected chi connectivity index (χ0v) is 11.7. The van der Waals surface area contributed by atoms with Gasteiger partial charge < -0.3 is 10.6 Å². The van der Waals surface area contributed by atoms with E-state index in [-0.39, 0.29) is 11.8 Å². The zero-order chi connectivity index (χ0) is 13.1. The molecule has 1 saturated heterocycles. The quantitative estimate of drug-likeness (QED) is 0.860. The van der Waals surface area contributed by atoms with E-state index in [1.54, 1.807) is 17.8 Å². The van der Waals surface area contributed by atoms with Gasteiger partial charge in [-0.25, -0.2) is 0 Å². The van der Waals surface area contributed by atoms with Crippen LogP contribution in [-0.2, 0) is 16.6 Å². The Bertz CT molecular complexity index is 472. The van der Waals surface area contributed by atoms with E-state index in [4.69, 9.17) is 0 Å². The number of anilines is 1. The van der Waals surface area contributed by atoms with E-state index in [0.717, 1.165) is 12.8 Å². The van der Waals surface area contributed by atoms with Crippen LogP contribution in [0.15, 0.2) is 10.7 Å². The van der Waals surface area contributed by atoms with Crippen LogP contribution >= 0.6 is 15.9 Å². The van der Waals surface area contributed by atoms with Crippen LogP contribution in [0.4, 0.5) is 5.82 Å². The lowest BCUT2D eigenvalue weighted by Crippen LogP contribution is -2.42. The number of nitrogens with one attached hydrogen (secondary N) is 2. The minimum absolute atomic E-state index is 0.0566. The third kappa shape index (κ3) is 3.10. The van der Waals surface area contributed by atoms with Gasteiger partial charge >= 0.3 is 0 Å². The molecule has 1 aromatic heterocycles. The van der Waals surface area contributed by atoms with Gasteiger partial charge in [0, 0.05) is 19.5 Å². The van der Waals surface area contributed by atoms with Crippen LogP contribution in [0, 0.1) is 0 Å². The maximum absolute atomic E-state index is 12.0. The molecule has 0 aliphatic carbocycles. The molecule has 18 heavy (non-hydrogen) atoms. The van der Waals surface area contributed by atoms with Gasteiger partial charge in [-0.2, -0.15) is 5.10 Å². The summed E-state index contributed by atoms with van der Waals surface area (Å²) in [5, 5.41) is 9.57. The molecule has 0 bridgehead atoms. The lowest BCUT2D eigenvalue weighted by Gasteiger charge is -2.15. The van der Waals surface area contributed by atoms with Gasteiger partial charge in [0.05, 0.1) is 0 Å². The van der Waals surface area contributed by atoms with Crippen LogP contribution in [0.2, 0.25) is 0 Å². The molecule has 0 spiro atoms. The van der Waals surface area contributed by atoms with Gasteiger partial charge in [-0.15, -0.1) is 0 Å². The number of aryl methyl sites for hydroxylation is 1.